The van der Waals surface area contributed by atoms with Crippen LogP contribution in [0.2, 0.25) is 0 Å². The van der Waals surface area contributed by atoms with Crippen LogP contribution in [0.5, 0.6) is 0 Å². The molecule has 0 heterocycles. The smallest absolute Gasteiger partial charge is 0.328 e. The molecule has 0 unspecified atom stereocenters. The molecule has 2 N–H and O–H groups in total. The number of rotatable bonds is 6. The molecule has 1 aromatic carbocycles. The summed E-state index contributed by atoms with van der Waals surface area (Å²) in [5.74, 6) is -0.383. The van der Waals surface area contributed by atoms with E-state index in [1.165, 1.54) is 7.11 Å². The van der Waals surface area contributed by atoms with Crippen LogP contribution in [-0.2, 0) is 9.53 Å². The Morgan fingerprint density at radius 1 is 1.29 bits per heavy atom. The highest BCUT2D eigenvalue weighted by Gasteiger charge is 2.17. The fraction of sp³-hybridized carbons (Fsp3) is 0.500. The van der Waals surface area contributed by atoms with Crippen LogP contribution in [-0.4, -0.2) is 31.1 Å². The highest BCUT2D eigenvalue weighted by atomic mass is 16.5. The lowest BCUT2D eigenvalue weighted by atomic mass is 10.1. The summed E-state index contributed by atoms with van der Waals surface area (Å²) in [7, 11) is 1.37. The quantitative estimate of drug-likeness (QED) is 0.791. The van der Waals surface area contributed by atoms with Crippen LogP contribution in [0.25, 0.3) is 0 Å². The maximum absolute atomic E-state index is 12.0. The number of amides is 1. The Morgan fingerprint density at radius 2 is 1.95 bits per heavy atom. The first-order valence-corrected chi connectivity index (χ1v) is 7.14. The van der Waals surface area contributed by atoms with Crippen molar-refractivity contribution in [1.82, 2.24) is 5.32 Å². The third-order valence-electron chi connectivity index (χ3n) is 3.13. The number of hydrogen-bond acceptors (Lipinski definition) is 4. The molecule has 0 spiro atoms. The molecule has 5 heteroatoms. The summed E-state index contributed by atoms with van der Waals surface area (Å²) in [6, 6.07) is 5.14. The van der Waals surface area contributed by atoms with Gasteiger partial charge in [0.1, 0.15) is 6.04 Å². The minimum atomic E-state index is -0.384. The van der Waals surface area contributed by atoms with Crippen molar-refractivity contribution in [3.05, 3.63) is 29.3 Å². The van der Waals surface area contributed by atoms with Gasteiger partial charge in [0.15, 0.2) is 0 Å². The van der Waals surface area contributed by atoms with Gasteiger partial charge in [0, 0.05) is 17.3 Å². The van der Waals surface area contributed by atoms with E-state index >= 15 is 0 Å². The lowest BCUT2D eigenvalue weighted by Crippen LogP contribution is -2.31. The second kappa shape index (κ2) is 7.67. The number of carbonyl (C=O) groups excluding carboxylic acids is 2. The molecule has 0 saturated heterocycles. The van der Waals surface area contributed by atoms with Crippen LogP contribution >= 0.6 is 0 Å². The zero-order chi connectivity index (χ0) is 16.0. The van der Waals surface area contributed by atoms with Crippen molar-refractivity contribution in [1.29, 1.82) is 0 Å². The van der Waals surface area contributed by atoms with Gasteiger partial charge in [-0.1, -0.05) is 6.92 Å². The number of ether oxygens (including phenoxy) is 1. The predicted octanol–water partition coefficient (Wildman–Crippen LogP) is 2.50. The molecule has 0 aliphatic carbocycles. The SMILES string of the molecule is CC[C@H](Nc1ccc(C(=O)NC(C)C)c(C)c1)C(=O)OC. The van der Waals surface area contributed by atoms with Crippen LogP contribution in [0.1, 0.15) is 43.1 Å². The molecular formula is C16H24N2O3. The topological polar surface area (TPSA) is 67.4 Å². The third-order valence-corrected chi connectivity index (χ3v) is 3.13. The second-order valence-electron chi connectivity index (χ2n) is 5.29. The number of anilines is 1. The molecule has 0 aliphatic rings. The molecule has 1 amide bonds. The molecule has 0 aromatic heterocycles. The van der Waals surface area contributed by atoms with Gasteiger partial charge in [-0.15, -0.1) is 0 Å². The fourth-order valence-electron chi connectivity index (χ4n) is 2.02. The van der Waals surface area contributed by atoms with Crippen LogP contribution in [0.4, 0.5) is 5.69 Å². The van der Waals surface area contributed by atoms with Crippen molar-refractivity contribution in [3.8, 4) is 0 Å². The Bertz CT molecular complexity index is 512. The van der Waals surface area contributed by atoms with Crippen LogP contribution in [0, 0.1) is 6.92 Å². The van der Waals surface area contributed by atoms with Gasteiger partial charge in [-0.3, -0.25) is 4.79 Å². The maximum atomic E-state index is 12.0. The van der Waals surface area contributed by atoms with Gasteiger partial charge in [-0.05, 0) is 51.0 Å². The first kappa shape index (κ1) is 17.0. The van der Waals surface area contributed by atoms with Crippen molar-refractivity contribution in [2.75, 3.05) is 12.4 Å². The minimum Gasteiger partial charge on any atom is -0.467 e. The van der Waals surface area contributed by atoms with Crippen molar-refractivity contribution in [2.24, 2.45) is 0 Å². The van der Waals surface area contributed by atoms with Crippen LogP contribution in [0.3, 0.4) is 0 Å². The summed E-state index contributed by atoms with van der Waals surface area (Å²) in [5, 5.41) is 5.99. The highest BCUT2D eigenvalue weighted by molar-refractivity contribution is 5.96. The Kier molecular flexibility index (Phi) is 6.21. The molecule has 1 rings (SSSR count). The zero-order valence-corrected chi connectivity index (χ0v) is 13.3. The van der Waals surface area contributed by atoms with Crippen molar-refractivity contribution < 1.29 is 14.3 Å². The average Bonchev–Trinajstić information content (AvgIpc) is 2.43. The molecule has 1 aromatic rings. The molecule has 0 saturated carbocycles. The normalized spacial score (nSPS) is 11.9. The Morgan fingerprint density at radius 3 is 2.43 bits per heavy atom. The summed E-state index contributed by atoms with van der Waals surface area (Å²) < 4.78 is 4.75. The lowest BCUT2D eigenvalue weighted by molar-refractivity contribution is -0.141. The van der Waals surface area contributed by atoms with Gasteiger partial charge in [-0.2, -0.15) is 0 Å². The van der Waals surface area contributed by atoms with E-state index in [2.05, 4.69) is 10.6 Å². The van der Waals surface area contributed by atoms with E-state index in [-0.39, 0.29) is 24.0 Å². The second-order valence-corrected chi connectivity index (χ2v) is 5.29. The number of carbonyl (C=O) groups is 2. The van der Waals surface area contributed by atoms with Gasteiger partial charge in [0.25, 0.3) is 5.91 Å². The highest BCUT2D eigenvalue weighted by Crippen LogP contribution is 2.17. The van der Waals surface area contributed by atoms with E-state index in [4.69, 9.17) is 4.74 Å². The van der Waals surface area contributed by atoms with Crippen molar-refractivity contribution in [2.45, 2.75) is 46.2 Å². The molecule has 0 fully saturated rings. The van der Waals surface area contributed by atoms with Gasteiger partial charge >= 0.3 is 5.97 Å². The first-order valence-electron chi connectivity index (χ1n) is 7.14. The van der Waals surface area contributed by atoms with E-state index < -0.39 is 0 Å². The Hall–Kier alpha value is -2.04. The number of benzene rings is 1. The van der Waals surface area contributed by atoms with E-state index in [1.54, 1.807) is 12.1 Å². The Balaban J connectivity index is 2.87. The summed E-state index contributed by atoms with van der Waals surface area (Å²) in [6.07, 6.45) is 0.626. The van der Waals surface area contributed by atoms with E-state index in [1.807, 2.05) is 33.8 Å². The number of esters is 1. The minimum absolute atomic E-state index is 0.0888. The van der Waals surface area contributed by atoms with Crippen LogP contribution in [0.15, 0.2) is 18.2 Å². The van der Waals surface area contributed by atoms with E-state index in [9.17, 15) is 9.59 Å². The van der Waals surface area contributed by atoms with E-state index in [0.29, 0.717) is 12.0 Å². The average molecular weight is 292 g/mol. The molecule has 0 radical (unpaired) electrons. The number of nitrogens with one attached hydrogen (secondary N) is 2. The number of aryl methyl sites for hydroxylation is 1. The molecular weight excluding hydrogens is 268 g/mol. The predicted molar refractivity (Wildman–Crippen MR) is 83.5 cm³/mol. The molecule has 116 valence electrons. The largest absolute Gasteiger partial charge is 0.467 e. The van der Waals surface area contributed by atoms with Crippen molar-refractivity contribution in [3.63, 3.8) is 0 Å². The molecule has 1 atom stereocenters. The van der Waals surface area contributed by atoms with Gasteiger partial charge < -0.3 is 15.4 Å². The molecule has 0 bridgehead atoms. The first-order chi connectivity index (χ1) is 9.88. The third kappa shape index (κ3) is 4.77. The van der Waals surface area contributed by atoms with Gasteiger partial charge in [0.2, 0.25) is 0 Å². The number of hydrogen-bond donors (Lipinski definition) is 2. The Labute approximate surface area is 126 Å². The standard InChI is InChI=1S/C16H24N2O3/c1-6-14(16(20)21-5)18-12-7-8-13(11(4)9-12)15(19)17-10(2)3/h7-10,14,18H,6H2,1-5H3,(H,17,19)/t14-/m0/s1. The molecule has 5 nitrogen and oxygen atoms in total. The summed E-state index contributed by atoms with van der Waals surface area (Å²) in [6.45, 7) is 7.63. The van der Waals surface area contributed by atoms with Crippen LogP contribution < -0.4 is 10.6 Å². The monoisotopic (exact) mass is 292 g/mol. The maximum Gasteiger partial charge on any atom is 0.328 e. The van der Waals surface area contributed by atoms with Gasteiger partial charge in [-0.25, -0.2) is 4.79 Å². The summed E-state index contributed by atoms with van der Waals surface area (Å²) in [4.78, 5) is 23.6. The zero-order valence-electron chi connectivity index (χ0n) is 13.3. The van der Waals surface area contributed by atoms with Crippen molar-refractivity contribution >= 4 is 17.6 Å². The number of methoxy groups -OCH3 is 1. The molecule has 21 heavy (non-hydrogen) atoms. The summed E-state index contributed by atoms with van der Waals surface area (Å²) >= 11 is 0. The summed E-state index contributed by atoms with van der Waals surface area (Å²) in [5.41, 5.74) is 2.30. The van der Waals surface area contributed by atoms with E-state index in [0.717, 1.165) is 11.3 Å². The molecule has 0 aliphatic heterocycles. The van der Waals surface area contributed by atoms with Gasteiger partial charge in [0.05, 0.1) is 7.11 Å². The fourth-order valence-corrected chi connectivity index (χ4v) is 2.02. The lowest BCUT2D eigenvalue weighted by Gasteiger charge is -2.17.